The first-order chi connectivity index (χ1) is 9.82. The predicted molar refractivity (Wildman–Crippen MR) is 70.6 cm³/mol. The van der Waals surface area contributed by atoms with E-state index >= 15 is 0 Å². The van der Waals surface area contributed by atoms with E-state index in [1.54, 1.807) is 0 Å². The molecule has 0 bridgehead atoms. The van der Waals surface area contributed by atoms with Crippen LogP contribution < -0.4 is 0 Å². The van der Waals surface area contributed by atoms with E-state index in [0.717, 1.165) is 16.4 Å². The summed E-state index contributed by atoms with van der Waals surface area (Å²) in [5.41, 5.74) is 0.299. The number of carboxylic acids is 1. The third kappa shape index (κ3) is 3.09. The molecule has 0 aliphatic carbocycles. The number of aromatic carboxylic acids is 1. The predicted octanol–water partition coefficient (Wildman–Crippen LogP) is 1.07. The van der Waals surface area contributed by atoms with Gasteiger partial charge in [0.1, 0.15) is 10.7 Å². The first-order valence-electron chi connectivity index (χ1n) is 5.79. The molecule has 2 rings (SSSR count). The van der Waals surface area contributed by atoms with E-state index in [4.69, 9.17) is 5.11 Å². The van der Waals surface area contributed by atoms with Crippen LogP contribution in [0.2, 0.25) is 0 Å². The fraction of sp³-hybridized carbons (Fsp3) is 0.167. The summed E-state index contributed by atoms with van der Waals surface area (Å²) < 4.78 is 39.3. The van der Waals surface area contributed by atoms with E-state index in [2.05, 4.69) is 10.2 Å². The monoisotopic (exact) mass is 313 g/mol. The van der Waals surface area contributed by atoms with Crippen molar-refractivity contribution in [2.75, 3.05) is 7.05 Å². The van der Waals surface area contributed by atoms with Gasteiger partial charge in [-0.3, -0.25) is 5.10 Å². The lowest BCUT2D eigenvalue weighted by atomic mass is 10.2. The van der Waals surface area contributed by atoms with E-state index in [9.17, 15) is 17.6 Å². The van der Waals surface area contributed by atoms with E-state index < -0.39 is 26.7 Å². The molecule has 0 amide bonds. The number of carboxylic acid groups (broad SMARTS) is 1. The van der Waals surface area contributed by atoms with Gasteiger partial charge in [0.15, 0.2) is 0 Å². The molecular weight excluding hydrogens is 301 g/mol. The molecule has 21 heavy (non-hydrogen) atoms. The maximum atomic E-state index is 13.9. The van der Waals surface area contributed by atoms with Gasteiger partial charge < -0.3 is 5.11 Å². The van der Waals surface area contributed by atoms with Crippen LogP contribution in [0, 0.1) is 5.82 Å². The van der Waals surface area contributed by atoms with Gasteiger partial charge in [0.25, 0.3) is 0 Å². The number of nitrogens with one attached hydrogen (secondary N) is 1. The van der Waals surface area contributed by atoms with Crippen molar-refractivity contribution in [3.8, 4) is 0 Å². The number of nitrogens with zero attached hydrogens (tertiary/aromatic N) is 2. The number of hydrogen-bond acceptors (Lipinski definition) is 4. The Labute approximate surface area is 120 Å². The summed E-state index contributed by atoms with van der Waals surface area (Å²) in [4.78, 5) is 10.2. The minimum atomic E-state index is -4.06. The molecule has 0 aliphatic rings. The zero-order chi connectivity index (χ0) is 15.6. The number of aromatic amines is 1. The standard InChI is InChI=1S/C12H12FN3O4S/c1-16(7-8-5-14-15-6-8)21(19,20)11-3-2-9(12(17)18)4-10(11)13/h2-6H,7H2,1H3,(H,14,15)(H,17,18). The van der Waals surface area contributed by atoms with Gasteiger partial charge in [0.2, 0.25) is 10.0 Å². The molecule has 7 nitrogen and oxygen atoms in total. The highest BCUT2D eigenvalue weighted by Crippen LogP contribution is 2.21. The highest BCUT2D eigenvalue weighted by molar-refractivity contribution is 7.89. The molecule has 0 spiro atoms. The van der Waals surface area contributed by atoms with E-state index in [1.807, 2.05) is 0 Å². The molecule has 9 heteroatoms. The number of rotatable bonds is 5. The Morgan fingerprint density at radius 3 is 2.71 bits per heavy atom. The first kappa shape index (κ1) is 15.1. The number of halogens is 1. The lowest BCUT2D eigenvalue weighted by molar-refractivity contribution is 0.0696. The fourth-order valence-corrected chi connectivity index (χ4v) is 2.92. The number of carbonyl (C=O) groups is 1. The molecule has 2 N–H and O–H groups in total. The van der Waals surface area contributed by atoms with E-state index in [-0.39, 0.29) is 12.1 Å². The van der Waals surface area contributed by atoms with Crippen LogP contribution in [-0.4, -0.2) is 41.0 Å². The van der Waals surface area contributed by atoms with Crippen molar-refractivity contribution in [1.29, 1.82) is 0 Å². The van der Waals surface area contributed by atoms with Crippen LogP contribution in [0.5, 0.6) is 0 Å². The van der Waals surface area contributed by atoms with Gasteiger partial charge >= 0.3 is 5.97 Å². The minimum Gasteiger partial charge on any atom is -0.478 e. The summed E-state index contributed by atoms with van der Waals surface area (Å²) >= 11 is 0. The topological polar surface area (TPSA) is 103 Å². The Kier molecular flexibility index (Phi) is 4.05. The summed E-state index contributed by atoms with van der Waals surface area (Å²) in [5.74, 6) is -2.43. The number of aromatic nitrogens is 2. The molecule has 0 radical (unpaired) electrons. The molecule has 1 heterocycles. The summed E-state index contributed by atoms with van der Waals surface area (Å²) in [6, 6.07) is 2.67. The molecular formula is C12H12FN3O4S. The average Bonchev–Trinajstić information content (AvgIpc) is 2.90. The molecule has 0 saturated heterocycles. The van der Waals surface area contributed by atoms with Crippen LogP contribution >= 0.6 is 0 Å². The lowest BCUT2D eigenvalue weighted by Crippen LogP contribution is -2.27. The Bertz CT molecular complexity index is 759. The van der Waals surface area contributed by atoms with Crippen molar-refractivity contribution < 1.29 is 22.7 Å². The Hall–Kier alpha value is -2.26. The third-order valence-electron chi connectivity index (χ3n) is 2.83. The maximum absolute atomic E-state index is 13.9. The van der Waals surface area contributed by atoms with Crippen LogP contribution in [-0.2, 0) is 16.6 Å². The van der Waals surface area contributed by atoms with Gasteiger partial charge in [-0.05, 0) is 18.2 Å². The summed E-state index contributed by atoms with van der Waals surface area (Å²) in [7, 11) is -2.77. The van der Waals surface area contributed by atoms with Gasteiger partial charge in [-0.1, -0.05) is 0 Å². The van der Waals surface area contributed by atoms with Gasteiger partial charge in [-0.25, -0.2) is 17.6 Å². The molecule has 0 saturated carbocycles. The van der Waals surface area contributed by atoms with Gasteiger partial charge in [-0.2, -0.15) is 9.40 Å². The highest BCUT2D eigenvalue weighted by Gasteiger charge is 2.25. The molecule has 0 fully saturated rings. The molecule has 112 valence electrons. The lowest BCUT2D eigenvalue weighted by Gasteiger charge is -2.16. The molecule has 1 aromatic carbocycles. The van der Waals surface area contributed by atoms with Gasteiger partial charge in [-0.15, -0.1) is 0 Å². The number of benzene rings is 1. The first-order valence-corrected chi connectivity index (χ1v) is 7.23. The number of hydrogen-bond donors (Lipinski definition) is 2. The molecule has 1 aromatic heterocycles. The molecule has 0 unspecified atom stereocenters. The fourth-order valence-electron chi connectivity index (χ4n) is 1.72. The van der Waals surface area contributed by atoms with E-state index in [0.29, 0.717) is 11.6 Å². The molecule has 0 aliphatic heterocycles. The normalized spacial score (nSPS) is 11.8. The number of H-pyrrole nitrogens is 1. The summed E-state index contributed by atoms with van der Waals surface area (Å²) in [6.07, 6.45) is 2.98. The second-order valence-electron chi connectivity index (χ2n) is 4.32. The zero-order valence-corrected chi connectivity index (χ0v) is 11.8. The largest absolute Gasteiger partial charge is 0.478 e. The number of sulfonamides is 1. The van der Waals surface area contributed by atoms with Crippen LogP contribution in [0.3, 0.4) is 0 Å². The van der Waals surface area contributed by atoms with Crippen molar-refractivity contribution in [3.63, 3.8) is 0 Å². The quantitative estimate of drug-likeness (QED) is 0.859. The highest BCUT2D eigenvalue weighted by atomic mass is 32.2. The third-order valence-corrected chi connectivity index (χ3v) is 4.66. The van der Waals surface area contributed by atoms with E-state index in [1.165, 1.54) is 19.4 Å². The van der Waals surface area contributed by atoms with Crippen LogP contribution in [0.1, 0.15) is 15.9 Å². The van der Waals surface area contributed by atoms with Crippen molar-refractivity contribution >= 4 is 16.0 Å². The Morgan fingerprint density at radius 1 is 1.48 bits per heavy atom. The maximum Gasteiger partial charge on any atom is 0.335 e. The molecule has 0 atom stereocenters. The molecule has 2 aromatic rings. The van der Waals surface area contributed by atoms with Crippen LogP contribution in [0.25, 0.3) is 0 Å². The Morgan fingerprint density at radius 2 is 2.19 bits per heavy atom. The zero-order valence-electron chi connectivity index (χ0n) is 10.9. The van der Waals surface area contributed by atoms with Crippen molar-refractivity contribution in [2.45, 2.75) is 11.4 Å². The van der Waals surface area contributed by atoms with Crippen LogP contribution in [0.4, 0.5) is 4.39 Å². The summed E-state index contributed by atoms with van der Waals surface area (Å²) in [6.45, 7) is 0.0129. The Balaban J connectivity index is 2.33. The van der Waals surface area contributed by atoms with Gasteiger partial charge in [0.05, 0.1) is 11.8 Å². The average molecular weight is 313 g/mol. The van der Waals surface area contributed by atoms with Crippen molar-refractivity contribution in [3.05, 3.63) is 47.5 Å². The minimum absolute atomic E-state index is 0.0129. The second-order valence-corrected chi connectivity index (χ2v) is 6.33. The van der Waals surface area contributed by atoms with Crippen LogP contribution in [0.15, 0.2) is 35.5 Å². The SMILES string of the molecule is CN(Cc1cn[nH]c1)S(=O)(=O)c1ccc(C(=O)O)cc1F. The van der Waals surface area contributed by atoms with Crippen molar-refractivity contribution in [1.82, 2.24) is 14.5 Å². The van der Waals surface area contributed by atoms with Gasteiger partial charge in [0, 0.05) is 25.4 Å². The van der Waals surface area contributed by atoms with Crippen molar-refractivity contribution in [2.24, 2.45) is 0 Å². The second kappa shape index (κ2) is 5.62. The smallest absolute Gasteiger partial charge is 0.335 e. The summed E-state index contributed by atoms with van der Waals surface area (Å²) in [5, 5.41) is 15.0.